The molecular formula is C13H22O. The average Bonchev–Trinajstić information content (AvgIpc) is 2.84. The van der Waals surface area contributed by atoms with Gasteiger partial charge in [0.2, 0.25) is 0 Å². The van der Waals surface area contributed by atoms with Crippen molar-refractivity contribution in [2.24, 2.45) is 11.8 Å². The van der Waals surface area contributed by atoms with E-state index >= 15 is 0 Å². The first-order valence-electron chi connectivity index (χ1n) is 5.94. The van der Waals surface area contributed by atoms with Gasteiger partial charge in [0.15, 0.2) is 0 Å². The largest absolute Gasteiger partial charge is 0.366 e. The van der Waals surface area contributed by atoms with Crippen LogP contribution in [0.4, 0.5) is 0 Å². The number of rotatable bonds is 3. The normalized spacial score (nSPS) is 43.6. The van der Waals surface area contributed by atoms with E-state index < -0.39 is 0 Å². The van der Waals surface area contributed by atoms with E-state index in [4.69, 9.17) is 4.74 Å². The molecule has 1 aliphatic heterocycles. The fourth-order valence-electron chi connectivity index (χ4n) is 2.73. The van der Waals surface area contributed by atoms with E-state index in [1.54, 1.807) is 0 Å². The maximum absolute atomic E-state index is 5.73. The second-order valence-corrected chi connectivity index (χ2v) is 5.24. The summed E-state index contributed by atoms with van der Waals surface area (Å²) in [5.41, 5.74) is 0.289. The van der Waals surface area contributed by atoms with Crippen LogP contribution in [-0.2, 0) is 4.74 Å². The highest BCUT2D eigenvalue weighted by molar-refractivity contribution is 5.04. The summed E-state index contributed by atoms with van der Waals surface area (Å²) in [6.07, 6.45) is 10.2. The molecule has 1 saturated carbocycles. The quantitative estimate of drug-likeness (QED) is 0.494. The Labute approximate surface area is 87.5 Å². The number of epoxide rings is 1. The Kier molecular flexibility index (Phi) is 2.70. The summed E-state index contributed by atoms with van der Waals surface area (Å²) in [5.74, 6) is 1.73. The van der Waals surface area contributed by atoms with E-state index in [1.165, 1.54) is 25.7 Å². The second kappa shape index (κ2) is 3.69. The minimum absolute atomic E-state index is 0.289. The maximum Gasteiger partial charge on any atom is 0.0920 e. The van der Waals surface area contributed by atoms with Crippen LogP contribution in [0.1, 0.15) is 46.5 Å². The smallest absolute Gasteiger partial charge is 0.0920 e. The first-order valence-corrected chi connectivity index (χ1v) is 5.94. The minimum atomic E-state index is 0.289. The maximum atomic E-state index is 5.73. The molecule has 4 unspecified atom stereocenters. The highest BCUT2D eigenvalue weighted by atomic mass is 16.6. The lowest BCUT2D eigenvalue weighted by Crippen LogP contribution is -2.25. The third-order valence-electron chi connectivity index (χ3n) is 4.11. The molecule has 0 amide bonds. The zero-order valence-corrected chi connectivity index (χ0v) is 9.62. The monoisotopic (exact) mass is 194 g/mol. The van der Waals surface area contributed by atoms with Crippen molar-refractivity contribution in [1.82, 2.24) is 0 Å². The zero-order valence-electron chi connectivity index (χ0n) is 9.62. The highest BCUT2D eigenvalue weighted by Crippen LogP contribution is 2.51. The second-order valence-electron chi connectivity index (χ2n) is 5.24. The Morgan fingerprint density at radius 3 is 3.00 bits per heavy atom. The lowest BCUT2D eigenvalue weighted by molar-refractivity contribution is 0.264. The molecule has 2 aliphatic rings. The van der Waals surface area contributed by atoms with Crippen LogP contribution in [0, 0.1) is 11.8 Å². The summed E-state index contributed by atoms with van der Waals surface area (Å²) >= 11 is 0. The molecule has 1 aliphatic carbocycles. The van der Waals surface area contributed by atoms with Gasteiger partial charge in [-0.2, -0.15) is 0 Å². The molecule has 4 atom stereocenters. The Morgan fingerprint density at radius 1 is 1.57 bits per heavy atom. The van der Waals surface area contributed by atoms with Gasteiger partial charge in [-0.15, -0.1) is 0 Å². The Morgan fingerprint density at radius 2 is 2.36 bits per heavy atom. The van der Waals surface area contributed by atoms with E-state index in [0.29, 0.717) is 6.10 Å². The van der Waals surface area contributed by atoms with Gasteiger partial charge in [0, 0.05) is 0 Å². The van der Waals surface area contributed by atoms with Gasteiger partial charge in [-0.25, -0.2) is 0 Å². The summed E-state index contributed by atoms with van der Waals surface area (Å²) in [4.78, 5) is 0. The topological polar surface area (TPSA) is 12.5 Å². The molecule has 0 aromatic rings. The van der Waals surface area contributed by atoms with E-state index in [1.807, 2.05) is 0 Å². The molecule has 0 spiro atoms. The average molecular weight is 194 g/mol. The van der Waals surface area contributed by atoms with Gasteiger partial charge in [-0.1, -0.05) is 19.1 Å². The third-order valence-corrected chi connectivity index (χ3v) is 4.11. The molecule has 0 N–H and O–H groups in total. The standard InChI is InChI=1S/C13H22O/c1-4-5-6-10(2)11-7-8-13(3)12(9-11)14-13/h4-5,10-12H,6-9H2,1-3H3/b5-4-. The van der Waals surface area contributed by atoms with Gasteiger partial charge in [0.05, 0.1) is 11.7 Å². The number of allylic oxidation sites excluding steroid dienone is 2. The molecule has 0 radical (unpaired) electrons. The van der Waals surface area contributed by atoms with E-state index in [9.17, 15) is 0 Å². The molecule has 2 rings (SSSR count). The van der Waals surface area contributed by atoms with Crippen molar-refractivity contribution in [3.63, 3.8) is 0 Å². The van der Waals surface area contributed by atoms with Gasteiger partial charge in [-0.05, 0) is 51.4 Å². The SMILES string of the molecule is C/C=C\CC(C)C1CCC2(C)OC2C1. The lowest BCUT2D eigenvalue weighted by atomic mass is 9.76. The van der Waals surface area contributed by atoms with Gasteiger partial charge in [0.1, 0.15) is 0 Å². The van der Waals surface area contributed by atoms with Crippen LogP contribution < -0.4 is 0 Å². The molecule has 1 nitrogen and oxygen atoms in total. The van der Waals surface area contributed by atoms with Crippen LogP contribution in [0.25, 0.3) is 0 Å². The molecule has 0 aromatic heterocycles. The van der Waals surface area contributed by atoms with E-state index in [-0.39, 0.29) is 5.60 Å². The molecule has 0 aromatic carbocycles. The van der Waals surface area contributed by atoms with Gasteiger partial charge in [0.25, 0.3) is 0 Å². The predicted octanol–water partition coefficient (Wildman–Crippen LogP) is 3.55. The zero-order chi connectivity index (χ0) is 10.2. The lowest BCUT2D eigenvalue weighted by Gasteiger charge is -2.27. The van der Waals surface area contributed by atoms with Gasteiger partial charge in [-0.3, -0.25) is 0 Å². The van der Waals surface area contributed by atoms with Gasteiger partial charge >= 0.3 is 0 Å². The predicted molar refractivity (Wildman–Crippen MR) is 59.2 cm³/mol. The Hall–Kier alpha value is -0.300. The van der Waals surface area contributed by atoms with E-state index in [2.05, 4.69) is 32.9 Å². The van der Waals surface area contributed by atoms with Crippen LogP contribution >= 0.6 is 0 Å². The van der Waals surface area contributed by atoms with Crippen molar-refractivity contribution < 1.29 is 4.74 Å². The number of hydrogen-bond donors (Lipinski definition) is 0. The summed E-state index contributed by atoms with van der Waals surface area (Å²) in [6.45, 7) is 6.76. The summed E-state index contributed by atoms with van der Waals surface area (Å²) in [5, 5.41) is 0. The number of hydrogen-bond acceptors (Lipinski definition) is 1. The molecule has 14 heavy (non-hydrogen) atoms. The van der Waals surface area contributed by atoms with Crippen LogP contribution in [0.15, 0.2) is 12.2 Å². The molecule has 1 heterocycles. The number of fused-ring (bicyclic) bond motifs is 1. The minimum Gasteiger partial charge on any atom is -0.366 e. The van der Waals surface area contributed by atoms with Crippen molar-refractivity contribution >= 4 is 0 Å². The molecule has 1 saturated heterocycles. The fourth-order valence-corrected chi connectivity index (χ4v) is 2.73. The van der Waals surface area contributed by atoms with Crippen LogP contribution in [-0.4, -0.2) is 11.7 Å². The van der Waals surface area contributed by atoms with Crippen LogP contribution in [0.3, 0.4) is 0 Å². The molecule has 0 bridgehead atoms. The van der Waals surface area contributed by atoms with Crippen LogP contribution in [0.2, 0.25) is 0 Å². The Balaban J connectivity index is 1.82. The van der Waals surface area contributed by atoms with Gasteiger partial charge < -0.3 is 4.74 Å². The van der Waals surface area contributed by atoms with Crippen molar-refractivity contribution in [2.75, 3.05) is 0 Å². The Bertz CT molecular complexity index is 233. The molecule has 80 valence electrons. The summed E-state index contributed by atoms with van der Waals surface area (Å²) in [7, 11) is 0. The van der Waals surface area contributed by atoms with Crippen molar-refractivity contribution in [1.29, 1.82) is 0 Å². The molecule has 1 heteroatoms. The fraction of sp³-hybridized carbons (Fsp3) is 0.846. The van der Waals surface area contributed by atoms with Crippen molar-refractivity contribution in [3.8, 4) is 0 Å². The summed E-state index contributed by atoms with van der Waals surface area (Å²) in [6, 6.07) is 0. The van der Waals surface area contributed by atoms with E-state index in [0.717, 1.165) is 11.8 Å². The number of ether oxygens (including phenoxy) is 1. The van der Waals surface area contributed by atoms with Crippen LogP contribution in [0.5, 0.6) is 0 Å². The summed E-state index contributed by atoms with van der Waals surface area (Å²) < 4.78 is 5.73. The highest BCUT2D eigenvalue weighted by Gasteiger charge is 2.55. The van der Waals surface area contributed by atoms with Crippen molar-refractivity contribution in [2.45, 2.75) is 58.2 Å². The molecule has 2 fully saturated rings. The first-order chi connectivity index (χ1) is 6.65. The molecular weight excluding hydrogens is 172 g/mol. The van der Waals surface area contributed by atoms with Crippen molar-refractivity contribution in [3.05, 3.63) is 12.2 Å². The third kappa shape index (κ3) is 1.88. The first kappa shape index (κ1) is 10.2.